The summed E-state index contributed by atoms with van der Waals surface area (Å²) in [7, 11) is 0. The Balaban J connectivity index is 2.14. The molecule has 0 bridgehead atoms. The van der Waals surface area contributed by atoms with Gasteiger partial charge in [0.1, 0.15) is 0 Å². The maximum Gasteiger partial charge on any atom is 0.0580 e. The molecule has 0 aliphatic heterocycles. The first-order valence-electron chi connectivity index (χ1n) is 5.63. The summed E-state index contributed by atoms with van der Waals surface area (Å²) in [5, 5.41) is 0. The van der Waals surface area contributed by atoms with E-state index in [1.807, 2.05) is 0 Å². The highest BCUT2D eigenvalue weighted by atomic mass is 16.5. The van der Waals surface area contributed by atoms with Gasteiger partial charge in [-0.05, 0) is 39.0 Å². The lowest BCUT2D eigenvalue weighted by molar-refractivity contribution is -0.0265. The van der Waals surface area contributed by atoms with Gasteiger partial charge < -0.3 is 10.5 Å². The molecule has 0 aromatic heterocycles. The summed E-state index contributed by atoms with van der Waals surface area (Å²) in [6.07, 6.45) is 7.93. The Labute approximate surface area is 81.8 Å². The van der Waals surface area contributed by atoms with Gasteiger partial charge in [0, 0.05) is 6.04 Å². The SMILES string of the molecule is CCCC(C)OC1CCC(N)CC1. The van der Waals surface area contributed by atoms with Crippen LogP contribution in [-0.4, -0.2) is 18.2 Å². The highest BCUT2D eigenvalue weighted by Gasteiger charge is 2.20. The highest BCUT2D eigenvalue weighted by molar-refractivity contribution is 4.75. The van der Waals surface area contributed by atoms with E-state index in [9.17, 15) is 0 Å². The maximum atomic E-state index is 5.92. The zero-order chi connectivity index (χ0) is 9.68. The second kappa shape index (κ2) is 5.61. The largest absolute Gasteiger partial charge is 0.375 e. The van der Waals surface area contributed by atoms with Gasteiger partial charge in [-0.15, -0.1) is 0 Å². The molecule has 1 aliphatic rings. The van der Waals surface area contributed by atoms with E-state index >= 15 is 0 Å². The number of hydrogen-bond donors (Lipinski definition) is 1. The van der Waals surface area contributed by atoms with Crippen molar-refractivity contribution in [3.05, 3.63) is 0 Å². The van der Waals surface area contributed by atoms with Crippen LogP contribution in [-0.2, 0) is 4.74 Å². The van der Waals surface area contributed by atoms with Crippen LogP contribution in [0.4, 0.5) is 0 Å². The van der Waals surface area contributed by atoms with Crippen molar-refractivity contribution < 1.29 is 4.74 Å². The molecule has 2 heteroatoms. The second-order valence-corrected chi connectivity index (χ2v) is 4.27. The smallest absolute Gasteiger partial charge is 0.0580 e. The van der Waals surface area contributed by atoms with Gasteiger partial charge in [-0.1, -0.05) is 13.3 Å². The molecule has 0 radical (unpaired) electrons. The molecule has 1 saturated carbocycles. The molecule has 1 rings (SSSR count). The number of ether oxygens (including phenoxy) is 1. The second-order valence-electron chi connectivity index (χ2n) is 4.27. The molecule has 2 nitrogen and oxygen atoms in total. The van der Waals surface area contributed by atoms with Crippen LogP contribution in [0.2, 0.25) is 0 Å². The standard InChI is InChI=1S/C11H23NO/c1-3-4-9(2)13-11-7-5-10(12)6-8-11/h9-11H,3-8,12H2,1-2H3. The average Bonchev–Trinajstić information content (AvgIpc) is 2.09. The van der Waals surface area contributed by atoms with Crippen LogP contribution in [0.1, 0.15) is 52.4 Å². The number of hydrogen-bond acceptors (Lipinski definition) is 2. The van der Waals surface area contributed by atoms with Gasteiger partial charge >= 0.3 is 0 Å². The van der Waals surface area contributed by atoms with Crippen LogP contribution in [0.3, 0.4) is 0 Å². The van der Waals surface area contributed by atoms with E-state index in [4.69, 9.17) is 10.5 Å². The Kier molecular flexibility index (Phi) is 4.74. The molecule has 0 spiro atoms. The van der Waals surface area contributed by atoms with Crippen LogP contribution in [0.15, 0.2) is 0 Å². The number of rotatable bonds is 4. The van der Waals surface area contributed by atoms with Gasteiger partial charge in [0.25, 0.3) is 0 Å². The third-order valence-electron chi connectivity index (χ3n) is 2.84. The van der Waals surface area contributed by atoms with Gasteiger partial charge in [0.2, 0.25) is 0 Å². The zero-order valence-corrected chi connectivity index (χ0v) is 8.96. The summed E-state index contributed by atoms with van der Waals surface area (Å²) in [5.41, 5.74) is 5.83. The molecule has 0 amide bonds. The third-order valence-corrected chi connectivity index (χ3v) is 2.84. The van der Waals surface area contributed by atoms with E-state index in [0.29, 0.717) is 18.2 Å². The number of nitrogens with two attached hydrogens (primary N) is 1. The first-order valence-corrected chi connectivity index (χ1v) is 5.63. The summed E-state index contributed by atoms with van der Waals surface area (Å²) >= 11 is 0. The topological polar surface area (TPSA) is 35.2 Å². The molecule has 0 heterocycles. The van der Waals surface area contributed by atoms with Gasteiger partial charge in [-0.2, -0.15) is 0 Å². The van der Waals surface area contributed by atoms with Crippen LogP contribution < -0.4 is 5.73 Å². The Morgan fingerprint density at radius 1 is 1.31 bits per heavy atom. The van der Waals surface area contributed by atoms with Crippen molar-refractivity contribution in [1.29, 1.82) is 0 Å². The minimum Gasteiger partial charge on any atom is -0.375 e. The summed E-state index contributed by atoms with van der Waals surface area (Å²) in [6, 6.07) is 0.432. The van der Waals surface area contributed by atoms with Crippen molar-refractivity contribution in [3.63, 3.8) is 0 Å². The maximum absolute atomic E-state index is 5.92. The minimum atomic E-state index is 0.432. The van der Waals surface area contributed by atoms with Crippen molar-refractivity contribution in [2.45, 2.75) is 70.6 Å². The first-order chi connectivity index (χ1) is 6.22. The van der Waals surface area contributed by atoms with Crippen LogP contribution in [0.5, 0.6) is 0 Å². The molecule has 2 N–H and O–H groups in total. The molecular formula is C11H23NO. The molecule has 1 atom stereocenters. The van der Waals surface area contributed by atoms with Crippen molar-refractivity contribution in [2.24, 2.45) is 5.73 Å². The van der Waals surface area contributed by atoms with Crippen molar-refractivity contribution in [1.82, 2.24) is 0 Å². The zero-order valence-electron chi connectivity index (χ0n) is 8.96. The van der Waals surface area contributed by atoms with Crippen molar-refractivity contribution in [2.75, 3.05) is 0 Å². The molecule has 1 fully saturated rings. The lowest BCUT2D eigenvalue weighted by Crippen LogP contribution is -2.31. The molecule has 1 aliphatic carbocycles. The lowest BCUT2D eigenvalue weighted by atomic mass is 9.93. The van der Waals surface area contributed by atoms with E-state index in [1.165, 1.54) is 12.8 Å². The summed E-state index contributed by atoms with van der Waals surface area (Å²) in [6.45, 7) is 4.38. The fraction of sp³-hybridized carbons (Fsp3) is 1.00. The quantitative estimate of drug-likeness (QED) is 0.730. The van der Waals surface area contributed by atoms with Gasteiger partial charge in [-0.3, -0.25) is 0 Å². The highest BCUT2D eigenvalue weighted by Crippen LogP contribution is 2.21. The van der Waals surface area contributed by atoms with E-state index < -0.39 is 0 Å². The molecule has 13 heavy (non-hydrogen) atoms. The fourth-order valence-electron chi connectivity index (χ4n) is 2.03. The predicted octanol–water partition coefficient (Wildman–Crippen LogP) is 2.46. The molecule has 0 aromatic carbocycles. The lowest BCUT2D eigenvalue weighted by Gasteiger charge is -2.28. The molecule has 0 saturated heterocycles. The van der Waals surface area contributed by atoms with Crippen molar-refractivity contribution >= 4 is 0 Å². The molecule has 1 unspecified atom stereocenters. The van der Waals surface area contributed by atoms with Crippen molar-refractivity contribution in [3.8, 4) is 0 Å². The normalized spacial score (nSPS) is 31.6. The Hall–Kier alpha value is -0.0800. The van der Waals surface area contributed by atoms with Gasteiger partial charge in [0.05, 0.1) is 12.2 Å². The van der Waals surface area contributed by atoms with E-state index in [0.717, 1.165) is 25.7 Å². The fourth-order valence-corrected chi connectivity index (χ4v) is 2.03. The Bertz CT molecular complexity index is 130. The van der Waals surface area contributed by atoms with E-state index in [1.54, 1.807) is 0 Å². The van der Waals surface area contributed by atoms with Crippen LogP contribution >= 0.6 is 0 Å². The van der Waals surface area contributed by atoms with Crippen LogP contribution in [0, 0.1) is 0 Å². The summed E-state index contributed by atoms with van der Waals surface area (Å²) in [4.78, 5) is 0. The summed E-state index contributed by atoms with van der Waals surface area (Å²) < 4.78 is 5.92. The van der Waals surface area contributed by atoms with Crippen LogP contribution in [0.25, 0.3) is 0 Å². The first kappa shape index (κ1) is 11.0. The van der Waals surface area contributed by atoms with E-state index in [-0.39, 0.29) is 0 Å². The monoisotopic (exact) mass is 185 g/mol. The average molecular weight is 185 g/mol. The Morgan fingerprint density at radius 2 is 1.92 bits per heavy atom. The predicted molar refractivity (Wildman–Crippen MR) is 55.7 cm³/mol. The molecular weight excluding hydrogens is 162 g/mol. The summed E-state index contributed by atoms with van der Waals surface area (Å²) in [5.74, 6) is 0. The van der Waals surface area contributed by atoms with Gasteiger partial charge in [0.15, 0.2) is 0 Å². The van der Waals surface area contributed by atoms with E-state index in [2.05, 4.69) is 13.8 Å². The molecule has 0 aromatic rings. The third kappa shape index (κ3) is 4.10. The molecule has 78 valence electrons. The van der Waals surface area contributed by atoms with Gasteiger partial charge in [-0.25, -0.2) is 0 Å². The Morgan fingerprint density at radius 3 is 2.46 bits per heavy atom. The minimum absolute atomic E-state index is 0.432.